The van der Waals surface area contributed by atoms with Crippen molar-refractivity contribution in [3.05, 3.63) is 35.9 Å². The van der Waals surface area contributed by atoms with Crippen LogP contribution in [0.1, 0.15) is 69.8 Å². The van der Waals surface area contributed by atoms with Gasteiger partial charge in [-0.1, -0.05) is 68.9 Å². The van der Waals surface area contributed by atoms with Gasteiger partial charge in [0.1, 0.15) is 0 Å². The predicted octanol–water partition coefficient (Wildman–Crippen LogP) is 5.13. The smallest absolute Gasteiger partial charge is 0.247 e. The molecule has 1 aromatic rings. The van der Waals surface area contributed by atoms with E-state index in [9.17, 15) is 10.0 Å². The van der Waals surface area contributed by atoms with E-state index in [4.69, 9.17) is 0 Å². The van der Waals surface area contributed by atoms with Gasteiger partial charge in [0.15, 0.2) is 0 Å². The predicted molar refractivity (Wildman–Crippen MR) is 100 cm³/mol. The quantitative estimate of drug-likeness (QED) is 0.588. The van der Waals surface area contributed by atoms with Crippen molar-refractivity contribution in [2.75, 3.05) is 0 Å². The van der Waals surface area contributed by atoms with Crippen LogP contribution in [0.3, 0.4) is 0 Å². The summed E-state index contributed by atoms with van der Waals surface area (Å²) >= 11 is 0. The molecule has 1 amide bonds. The van der Waals surface area contributed by atoms with Crippen molar-refractivity contribution in [3.63, 3.8) is 0 Å². The molecule has 2 aliphatic rings. The van der Waals surface area contributed by atoms with Crippen LogP contribution >= 0.6 is 0 Å². The van der Waals surface area contributed by atoms with Crippen LogP contribution in [-0.2, 0) is 11.2 Å². The van der Waals surface area contributed by atoms with E-state index in [2.05, 4.69) is 12.1 Å². The molecular formula is C22H33NO2. The maximum Gasteiger partial charge on any atom is 0.247 e. The number of benzene rings is 1. The summed E-state index contributed by atoms with van der Waals surface area (Å²) in [6.07, 6.45) is 13.9. The van der Waals surface area contributed by atoms with Crippen molar-refractivity contribution in [3.8, 4) is 0 Å². The maximum absolute atomic E-state index is 12.4. The van der Waals surface area contributed by atoms with Crippen molar-refractivity contribution < 1.29 is 10.0 Å². The van der Waals surface area contributed by atoms with E-state index in [0.29, 0.717) is 5.92 Å². The van der Waals surface area contributed by atoms with Crippen molar-refractivity contribution >= 4 is 5.91 Å². The molecule has 3 heteroatoms. The fourth-order valence-corrected chi connectivity index (χ4v) is 5.23. The van der Waals surface area contributed by atoms with Gasteiger partial charge in [0.2, 0.25) is 5.91 Å². The van der Waals surface area contributed by atoms with Crippen molar-refractivity contribution in [1.29, 1.82) is 0 Å². The molecule has 0 spiro atoms. The van der Waals surface area contributed by atoms with E-state index in [-0.39, 0.29) is 11.8 Å². The molecule has 3 unspecified atom stereocenters. The van der Waals surface area contributed by atoms with Crippen LogP contribution < -0.4 is 5.48 Å². The standard InChI is InChI=1S/C22H33NO2/c24-22(23-25)21(16-17-8-4-3-5-9-17)20-14-12-18-10-6-1-2-7-11-19(18)13-15-20/h3-5,8-9,18-21,25H,1-2,6-7,10-16H2,(H,23,24). The number of hydrogen-bond acceptors (Lipinski definition) is 2. The van der Waals surface area contributed by atoms with Crippen LogP contribution in [0.25, 0.3) is 0 Å². The molecule has 0 saturated heterocycles. The van der Waals surface area contributed by atoms with Gasteiger partial charge in [0.05, 0.1) is 0 Å². The Balaban J connectivity index is 1.69. The Hall–Kier alpha value is -1.35. The molecule has 2 aliphatic carbocycles. The van der Waals surface area contributed by atoms with Gasteiger partial charge in [0.25, 0.3) is 0 Å². The van der Waals surface area contributed by atoms with Gasteiger partial charge in [-0.3, -0.25) is 10.0 Å². The van der Waals surface area contributed by atoms with Crippen molar-refractivity contribution in [2.24, 2.45) is 23.7 Å². The Morgan fingerprint density at radius 3 is 2.08 bits per heavy atom. The van der Waals surface area contributed by atoms with Gasteiger partial charge < -0.3 is 0 Å². The lowest BCUT2D eigenvalue weighted by Crippen LogP contribution is -2.34. The van der Waals surface area contributed by atoms with Gasteiger partial charge in [-0.15, -0.1) is 0 Å². The highest BCUT2D eigenvalue weighted by atomic mass is 16.5. The summed E-state index contributed by atoms with van der Waals surface area (Å²) in [5, 5.41) is 9.27. The van der Waals surface area contributed by atoms with Gasteiger partial charge in [-0.05, 0) is 55.4 Å². The van der Waals surface area contributed by atoms with Crippen LogP contribution in [0.4, 0.5) is 0 Å². The molecule has 0 bridgehead atoms. The highest BCUT2D eigenvalue weighted by Gasteiger charge is 2.34. The topological polar surface area (TPSA) is 49.3 Å². The second kappa shape index (κ2) is 9.38. The van der Waals surface area contributed by atoms with E-state index < -0.39 is 0 Å². The Morgan fingerprint density at radius 2 is 1.52 bits per heavy atom. The van der Waals surface area contributed by atoms with Crippen LogP contribution in [0.15, 0.2) is 30.3 Å². The summed E-state index contributed by atoms with van der Waals surface area (Å²) in [6.45, 7) is 0. The van der Waals surface area contributed by atoms with E-state index in [1.807, 2.05) is 23.7 Å². The second-order valence-electron chi connectivity index (χ2n) is 8.20. The average Bonchev–Trinajstić information content (AvgIpc) is 2.82. The fourth-order valence-electron chi connectivity index (χ4n) is 5.23. The molecule has 0 radical (unpaired) electrons. The largest absolute Gasteiger partial charge is 0.289 e. The van der Waals surface area contributed by atoms with Gasteiger partial charge in [0, 0.05) is 5.92 Å². The normalized spacial score (nSPS) is 28.8. The summed E-state index contributed by atoms with van der Waals surface area (Å²) in [4.78, 5) is 12.4. The summed E-state index contributed by atoms with van der Waals surface area (Å²) in [5.74, 6) is 1.80. The third kappa shape index (κ3) is 5.07. The minimum Gasteiger partial charge on any atom is -0.289 e. The number of amides is 1. The summed E-state index contributed by atoms with van der Waals surface area (Å²) in [7, 11) is 0. The molecule has 3 nitrogen and oxygen atoms in total. The molecule has 3 rings (SSSR count). The third-order valence-electron chi connectivity index (χ3n) is 6.70. The minimum absolute atomic E-state index is 0.114. The molecule has 0 heterocycles. The number of rotatable bonds is 4. The summed E-state index contributed by atoms with van der Waals surface area (Å²) in [5.41, 5.74) is 3.13. The summed E-state index contributed by atoms with van der Waals surface area (Å²) in [6, 6.07) is 10.2. The monoisotopic (exact) mass is 343 g/mol. The average molecular weight is 344 g/mol. The third-order valence-corrected chi connectivity index (χ3v) is 6.70. The lowest BCUT2D eigenvalue weighted by molar-refractivity contribution is -0.135. The Kier molecular flexibility index (Phi) is 6.92. The van der Waals surface area contributed by atoms with E-state index >= 15 is 0 Å². The summed E-state index contributed by atoms with van der Waals surface area (Å²) < 4.78 is 0. The zero-order valence-corrected chi connectivity index (χ0v) is 15.3. The second-order valence-corrected chi connectivity index (χ2v) is 8.20. The number of fused-ring (bicyclic) bond motifs is 1. The first-order valence-corrected chi connectivity index (χ1v) is 10.3. The molecule has 0 aliphatic heterocycles. The first-order valence-electron chi connectivity index (χ1n) is 10.3. The molecule has 0 aromatic heterocycles. The first-order chi connectivity index (χ1) is 12.3. The highest BCUT2D eigenvalue weighted by Crippen LogP contribution is 2.41. The van der Waals surface area contributed by atoms with Crippen LogP contribution in [0, 0.1) is 23.7 Å². The molecular weight excluding hydrogens is 310 g/mol. The molecule has 2 fully saturated rings. The zero-order valence-electron chi connectivity index (χ0n) is 15.3. The zero-order chi connectivity index (χ0) is 17.5. The fraction of sp³-hybridized carbons (Fsp3) is 0.682. The Bertz CT molecular complexity index is 512. The van der Waals surface area contributed by atoms with Crippen molar-refractivity contribution in [2.45, 2.75) is 70.6 Å². The Labute approximate surface area is 152 Å². The molecule has 2 N–H and O–H groups in total. The van der Waals surface area contributed by atoms with E-state index in [0.717, 1.165) is 31.1 Å². The van der Waals surface area contributed by atoms with Crippen LogP contribution in [-0.4, -0.2) is 11.1 Å². The molecule has 3 atom stereocenters. The van der Waals surface area contributed by atoms with Gasteiger partial charge in [-0.2, -0.15) is 0 Å². The maximum atomic E-state index is 12.4. The van der Waals surface area contributed by atoms with Crippen LogP contribution in [0.2, 0.25) is 0 Å². The highest BCUT2D eigenvalue weighted by molar-refractivity contribution is 5.78. The number of carbonyl (C=O) groups excluding carboxylic acids is 1. The number of hydrogen-bond donors (Lipinski definition) is 2. The number of carbonyl (C=O) groups is 1. The lowest BCUT2D eigenvalue weighted by Gasteiger charge is -2.27. The van der Waals surface area contributed by atoms with Gasteiger partial charge in [-0.25, -0.2) is 5.48 Å². The first kappa shape index (κ1) is 18.4. The Morgan fingerprint density at radius 1 is 0.920 bits per heavy atom. The van der Waals surface area contributed by atoms with E-state index in [1.165, 1.54) is 56.9 Å². The number of hydroxylamine groups is 1. The van der Waals surface area contributed by atoms with Crippen molar-refractivity contribution in [1.82, 2.24) is 5.48 Å². The molecule has 2 saturated carbocycles. The van der Waals surface area contributed by atoms with E-state index in [1.54, 1.807) is 0 Å². The molecule has 25 heavy (non-hydrogen) atoms. The molecule has 1 aromatic carbocycles. The number of nitrogens with one attached hydrogen (secondary N) is 1. The molecule has 138 valence electrons. The van der Waals surface area contributed by atoms with Crippen LogP contribution in [0.5, 0.6) is 0 Å². The van der Waals surface area contributed by atoms with Gasteiger partial charge >= 0.3 is 0 Å². The lowest BCUT2D eigenvalue weighted by atomic mass is 9.79. The minimum atomic E-state index is -0.201. The SMILES string of the molecule is O=C(NO)C(Cc1ccccc1)C1CCC2CCCCCCC2CC1.